The molecule has 1 saturated heterocycles. The van der Waals surface area contributed by atoms with Crippen LogP contribution in [0.3, 0.4) is 0 Å². The normalized spacial score (nSPS) is 27.5. The zero-order valence-corrected chi connectivity index (χ0v) is 19.6. The number of aliphatic hydroxyl groups is 2. The fraction of sp³-hybridized carbons (Fsp3) is 0.684. The van der Waals surface area contributed by atoms with E-state index in [0.29, 0.717) is 23.1 Å². The quantitative estimate of drug-likeness (QED) is 0.308. The second-order valence-corrected chi connectivity index (χ2v) is 10.4. The highest BCUT2D eigenvalue weighted by Crippen LogP contribution is 2.43. The monoisotopic (exact) mass is 506 g/mol. The number of ether oxygens (including phenoxy) is 3. The Bertz CT molecular complexity index is 1010. The summed E-state index contributed by atoms with van der Waals surface area (Å²) >= 11 is 6.15. The van der Waals surface area contributed by atoms with Crippen molar-refractivity contribution in [3.63, 3.8) is 0 Å². The van der Waals surface area contributed by atoms with Crippen LogP contribution in [0.5, 0.6) is 0 Å². The van der Waals surface area contributed by atoms with Gasteiger partial charge in [-0.3, -0.25) is 4.57 Å². The Morgan fingerprint density at radius 3 is 2.70 bits per heavy atom. The second-order valence-electron chi connectivity index (χ2n) is 8.32. The lowest BCUT2D eigenvalue weighted by Crippen LogP contribution is -2.35. The first-order chi connectivity index (χ1) is 15.7. The third-order valence-corrected chi connectivity index (χ3v) is 7.21. The highest BCUT2D eigenvalue weighted by atomic mass is 35.5. The number of hydrogen-bond donors (Lipinski definition) is 5. The van der Waals surface area contributed by atoms with Crippen LogP contribution in [-0.4, -0.2) is 85.1 Å². The van der Waals surface area contributed by atoms with Gasteiger partial charge in [0, 0.05) is 13.2 Å². The lowest BCUT2D eigenvalue weighted by molar-refractivity contribution is -0.0661. The Balaban J connectivity index is 1.53. The molecular formula is C19H28ClN4O8P. The Hall–Kier alpha value is -1.34. The van der Waals surface area contributed by atoms with E-state index in [2.05, 4.69) is 15.4 Å². The van der Waals surface area contributed by atoms with Crippen LogP contribution in [0.15, 0.2) is 12.1 Å². The molecule has 5 atom stereocenters. The van der Waals surface area contributed by atoms with Crippen molar-refractivity contribution in [3.8, 4) is 0 Å². The van der Waals surface area contributed by atoms with E-state index < -0.39 is 37.9 Å². The summed E-state index contributed by atoms with van der Waals surface area (Å²) in [4.78, 5) is 23.1. The fourth-order valence-corrected chi connectivity index (χ4v) is 5.08. The predicted molar refractivity (Wildman–Crippen MR) is 117 cm³/mol. The van der Waals surface area contributed by atoms with Gasteiger partial charge in [-0.05, 0) is 36.6 Å². The first-order valence-electron chi connectivity index (χ1n) is 10.7. The van der Waals surface area contributed by atoms with Crippen molar-refractivity contribution in [3.05, 3.63) is 23.1 Å². The molecule has 0 bridgehead atoms. The molecule has 4 rings (SSSR count). The zero-order chi connectivity index (χ0) is 23.8. The molecule has 33 heavy (non-hydrogen) atoms. The number of aliphatic hydroxyl groups excluding tert-OH is 2. The molecule has 1 unspecified atom stereocenters. The number of fused-ring (bicyclic) bond motifs is 1. The van der Waals surface area contributed by atoms with Gasteiger partial charge in [0.2, 0.25) is 5.28 Å². The van der Waals surface area contributed by atoms with E-state index in [1.54, 1.807) is 12.1 Å². The van der Waals surface area contributed by atoms with Gasteiger partial charge in [-0.15, -0.1) is 5.10 Å². The van der Waals surface area contributed by atoms with Crippen molar-refractivity contribution in [2.24, 2.45) is 0 Å². The Kier molecular flexibility index (Phi) is 7.59. The van der Waals surface area contributed by atoms with Crippen molar-refractivity contribution >= 4 is 30.5 Å². The topological polar surface area (TPSA) is 168 Å². The van der Waals surface area contributed by atoms with Crippen molar-refractivity contribution in [1.29, 1.82) is 0 Å². The van der Waals surface area contributed by atoms with Crippen molar-refractivity contribution in [2.75, 3.05) is 25.6 Å². The van der Waals surface area contributed by atoms with Gasteiger partial charge in [-0.2, -0.15) is 4.98 Å². The molecule has 2 aliphatic rings. The van der Waals surface area contributed by atoms with E-state index in [4.69, 9.17) is 25.8 Å². The Labute approximate surface area is 195 Å². The minimum atomic E-state index is -4.59. The summed E-state index contributed by atoms with van der Waals surface area (Å²) in [5.41, 5.74) is 1.09. The highest BCUT2D eigenvalue weighted by Gasteiger charge is 2.45. The molecule has 184 valence electrons. The largest absolute Gasteiger partial charge is 0.387 e. The number of nitrogens with zero attached hydrogens (tertiary/aromatic N) is 3. The summed E-state index contributed by atoms with van der Waals surface area (Å²) in [6.07, 6.45) is -0.309. The van der Waals surface area contributed by atoms with Crippen LogP contribution in [0.1, 0.15) is 37.5 Å². The summed E-state index contributed by atoms with van der Waals surface area (Å²) < 4.78 is 29.0. The van der Waals surface area contributed by atoms with E-state index in [9.17, 15) is 24.6 Å². The molecule has 0 spiro atoms. The summed E-state index contributed by atoms with van der Waals surface area (Å²) in [7, 11) is -3.31. The van der Waals surface area contributed by atoms with Gasteiger partial charge in [0.25, 0.3) is 0 Å². The maximum absolute atomic E-state index is 11.6. The maximum Gasteiger partial charge on any atom is 0.356 e. The van der Waals surface area contributed by atoms with Crippen molar-refractivity contribution in [2.45, 2.75) is 62.0 Å². The van der Waals surface area contributed by atoms with Crippen LogP contribution in [-0.2, 0) is 18.8 Å². The van der Waals surface area contributed by atoms with Crippen LogP contribution in [0, 0.1) is 0 Å². The lowest BCUT2D eigenvalue weighted by Gasteiger charge is -2.21. The Morgan fingerprint density at radius 1 is 1.30 bits per heavy atom. The molecule has 2 fully saturated rings. The molecule has 2 aromatic heterocycles. The third-order valence-electron chi connectivity index (χ3n) is 6.00. The van der Waals surface area contributed by atoms with E-state index in [1.165, 1.54) is 11.6 Å². The van der Waals surface area contributed by atoms with Gasteiger partial charge in [-0.1, -0.05) is 12.8 Å². The number of methoxy groups -OCH3 is 1. The fourth-order valence-electron chi connectivity index (χ4n) is 4.30. The zero-order valence-electron chi connectivity index (χ0n) is 18.0. The van der Waals surface area contributed by atoms with Crippen LogP contribution in [0.4, 0.5) is 5.82 Å². The van der Waals surface area contributed by atoms with E-state index >= 15 is 0 Å². The molecule has 1 saturated carbocycles. The van der Waals surface area contributed by atoms with Crippen molar-refractivity contribution < 1.29 is 38.8 Å². The molecule has 14 heteroatoms. The number of rotatable bonds is 9. The minimum Gasteiger partial charge on any atom is -0.387 e. The standard InChI is InChI=1S/C19H28ClN4O8P/c1-30-9-14(33(27,28)29)31-8-13-15(25)16(26)17(32-13)11-6-7-12-18(21-10-4-2-3-5-10)22-19(20)23-24(11)12/h6-7,10,13-17,25-26H,2-5,8-9H2,1H3,(H,21,22,23)(H2,27,28,29)/t13-,14?,15-,16-,17+/m1/s1. The van der Waals surface area contributed by atoms with Crippen LogP contribution in [0.2, 0.25) is 5.28 Å². The van der Waals surface area contributed by atoms with E-state index in [-0.39, 0.29) is 18.5 Å². The number of nitrogens with one attached hydrogen (secondary N) is 1. The highest BCUT2D eigenvalue weighted by molar-refractivity contribution is 7.52. The first kappa shape index (κ1) is 24.8. The number of anilines is 1. The molecule has 1 aliphatic heterocycles. The van der Waals surface area contributed by atoms with Gasteiger partial charge in [0.05, 0.1) is 18.9 Å². The van der Waals surface area contributed by atoms with Crippen LogP contribution in [0.25, 0.3) is 5.52 Å². The van der Waals surface area contributed by atoms with Gasteiger partial charge < -0.3 is 39.5 Å². The molecule has 0 aromatic carbocycles. The maximum atomic E-state index is 11.6. The van der Waals surface area contributed by atoms with Crippen molar-refractivity contribution in [1.82, 2.24) is 14.6 Å². The molecule has 0 amide bonds. The minimum absolute atomic E-state index is 0.0115. The number of hydrogen-bond acceptors (Lipinski definition) is 9. The molecule has 12 nitrogen and oxygen atoms in total. The summed E-state index contributed by atoms with van der Waals surface area (Å²) in [6.45, 7) is -0.698. The predicted octanol–water partition coefficient (Wildman–Crippen LogP) is 1.07. The van der Waals surface area contributed by atoms with Crippen LogP contribution >= 0.6 is 19.2 Å². The third kappa shape index (κ3) is 5.34. The smallest absolute Gasteiger partial charge is 0.356 e. The molecule has 1 aliphatic carbocycles. The lowest BCUT2D eigenvalue weighted by atomic mass is 10.1. The summed E-state index contributed by atoms with van der Waals surface area (Å²) in [5.74, 6) is -0.940. The van der Waals surface area contributed by atoms with Gasteiger partial charge in [0.15, 0.2) is 11.7 Å². The molecule has 5 N–H and O–H groups in total. The van der Waals surface area contributed by atoms with Gasteiger partial charge >= 0.3 is 7.60 Å². The molecule has 2 aromatic rings. The van der Waals surface area contributed by atoms with Gasteiger partial charge in [0.1, 0.15) is 29.9 Å². The van der Waals surface area contributed by atoms with E-state index in [1.807, 2.05) is 0 Å². The number of aromatic nitrogens is 3. The average Bonchev–Trinajstić information content (AvgIpc) is 3.46. The Morgan fingerprint density at radius 2 is 2.03 bits per heavy atom. The summed E-state index contributed by atoms with van der Waals surface area (Å²) in [6, 6.07) is 3.77. The average molecular weight is 507 g/mol. The molecular weight excluding hydrogens is 479 g/mol. The molecule has 0 radical (unpaired) electrons. The summed E-state index contributed by atoms with van der Waals surface area (Å²) in [5, 5.41) is 28.8. The SMILES string of the molecule is COCC(OC[C@H]1O[C@@H](c2ccc3c(NC4CCCC4)nc(Cl)nn23)[C@H](O)[C@@H]1O)P(=O)(O)O. The first-order valence-corrected chi connectivity index (χ1v) is 12.7. The van der Waals surface area contributed by atoms with Gasteiger partial charge in [-0.25, -0.2) is 4.52 Å². The second kappa shape index (κ2) is 10.1. The van der Waals surface area contributed by atoms with Crippen LogP contribution < -0.4 is 5.32 Å². The number of halogens is 1. The molecule has 3 heterocycles. The van der Waals surface area contributed by atoms with E-state index in [0.717, 1.165) is 25.7 Å².